The number of piperidine rings is 11. The lowest BCUT2D eigenvalue weighted by Gasteiger charge is -2.43. The quantitative estimate of drug-likeness (QED) is 0.131. The van der Waals surface area contributed by atoms with Gasteiger partial charge in [-0.05, 0) is 253 Å². The van der Waals surface area contributed by atoms with Crippen molar-refractivity contribution >= 4 is 59.1 Å². The van der Waals surface area contributed by atoms with E-state index in [0.29, 0.717) is 36.6 Å². The standard InChI is InChI=1S/C14H24N2O3.C13H22N2O2.C11H18N2O2.C11H20N2O.C10H18N2O.C9H16N2O.C9H15NO/c1-13(2,3)19-12(18)16-9-6-14(7-10-16)5-4-8-15-11(14)17;1-10(2)11(16)15-8-5-13(6-9-15)4-3-7-14-12(13)17;1-9(14)13-7-4-11(5-8-13)3-2-6-12-10(11)15;14-10-11(5-8-12-9-6-11)4-2-1-3-7-13-10;13-9-10(3-1-2-6-12-9)4-7-11-8-5-10;12-8-9(2-1-5-11-8)3-6-10-7-4-9;11-8-2-1-3-9(8)4-6-10-7-5-9/h4-10H2,1-3H3,(H,15,17);10H,3-9H2,1-2H3,(H,14,17);2-8H2,1H3,(H,12,15);12H,1-9H2,(H,13,14);11H,1-8H2,(H,12,13);10H,1-7H2,(H,11,12);10H,1-7H2. The van der Waals surface area contributed by atoms with Crippen LogP contribution in [0, 0.1) is 43.8 Å². The molecule has 10 N–H and O–H groups in total. The molecule has 0 aromatic rings. The first-order chi connectivity index (χ1) is 48.4. The van der Waals surface area contributed by atoms with Crippen LogP contribution in [0.3, 0.4) is 0 Å². The van der Waals surface area contributed by atoms with E-state index in [1.807, 2.05) is 44.4 Å². The SMILES string of the molecule is CC(=O)N1CCC2(CCCNC2=O)CC1.CC(C)(C)OC(=O)N1CCC2(CCCNC2=O)CC1.CC(C)C(=O)N1CCC2(CCCNC2=O)CC1.O=C1CCCC12CCNCC2.O=C1NCCCC12CCNCC2.O=C1NCCCCC12CCNCC2.O=C1NCCCCCC12CCNCC2. The molecule has 0 aromatic heterocycles. The molecule has 7 spiro atoms. The predicted octanol–water partition coefficient (Wildman–Crippen LogP) is 6.68. The van der Waals surface area contributed by atoms with Gasteiger partial charge in [0.2, 0.25) is 47.3 Å². The fourth-order valence-corrected chi connectivity index (χ4v) is 18.3. The van der Waals surface area contributed by atoms with E-state index >= 15 is 0 Å². The van der Waals surface area contributed by atoms with Gasteiger partial charge in [-0.1, -0.05) is 33.1 Å². The largest absolute Gasteiger partial charge is 0.444 e. The lowest BCUT2D eigenvalue weighted by atomic mass is 9.72. The summed E-state index contributed by atoms with van der Waals surface area (Å²) in [5.74, 6) is 2.46. The Balaban J connectivity index is 0.000000151. The van der Waals surface area contributed by atoms with Crippen LogP contribution in [-0.2, 0) is 47.9 Å². The molecular weight excluding hydrogens is 1280 g/mol. The number of likely N-dealkylation sites (tertiary alicyclic amines) is 3. The average Bonchev–Trinajstić information content (AvgIpc) is 1.80. The zero-order valence-corrected chi connectivity index (χ0v) is 63.2. The fourth-order valence-electron chi connectivity index (χ4n) is 18.3. The minimum Gasteiger partial charge on any atom is -0.444 e. The third-order valence-corrected chi connectivity index (χ3v) is 25.3. The van der Waals surface area contributed by atoms with Crippen molar-refractivity contribution in [1.82, 2.24) is 67.9 Å². The van der Waals surface area contributed by atoms with E-state index in [2.05, 4.69) is 53.2 Å². The molecule has 24 heteroatoms. The predicted molar refractivity (Wildman–Crippen MR) is 391 cm³/mol. The third-order valence-electron chi connectivity index (χ3n) is 25.3. The molecule has 13 heterocycles. The van der Waals surface area contributed by atoms with Crippen LogP contribution in [0.15, 0.2) is 0 Å². The summed E-state index contributed by atoms with van der Waals surface area (Å²) in [5, 5.41) is 31.2. The van der Waals surface area contributed by atoms with Crippen molar-refractivity contribution in [3.05, 3.63) is 0 Å². The average molecular weight is 1420 g/mol. The first-order valence-corrected chi connectivity index (χ1v) is 39.9. The summed E-state index contributed by atoms with van der Waals surface area (Å²) >= 11 is 0. The second-order valence-electron chi connectivity index (χ2n) is 33.4. The fraction of sp³-hybridized carbons (Fsp3) is 0.870. The third kappa shape index (κ3) is 22.1. The number of hydrogen-bond acceptors (Lipinski definition) is 15. The lowest BCUT2D eigenvalue weighted by Crippen LogP contribution is -2.53. The minimum atomic E-state index is -0.464. The Morgan fingerprint density at radius 2 is 0.594 bits per heavy atom. The van der Waals surface area contributed by atoms with Crippen molar-refractivity contribution < 1.29 is 52.7 Å². The van der Waals surface area contributed by atoms with Crippen LogP contribution in [0.4, 0.5) is 4.79 Å². The molecular formula is C77H133N13O11. The minimum absolute atomic E-state index is 0.00347. The van der Waals surface area contributed by atoms with Crippen molar-refractivity contribution in [3.8, 4) is 0 Å². The zero-order valence-electron chi connectivity index (χ0n) is 63.2. The van der Waals surface area contributed by atoms with Gasteiger partial charge in [-0.3, -0.25) is 43.2 Å². The highest BCUT2D eigenvalue weighted by Crippen LogP contribution is 2.44. The molecule has 24 nitrogen and oxygen atoms in total. The van der Waals surface area contributed by atoms with Gasteiger partial charge in [-0.15, -0.1) is 0 Å². The highest BCUT2D eigenvalue weighted by Gasteiger charge is 2.48. The van der Waals surface area contributed by atoms with Gasteiger partial charge in [0.05, 0.1) is 32.5 Å². The molecule has 9 amide bonds. The number of nitrogens with one attached hydrogen (secondary N) is 10. The highest BCUT2D eigenvalue weighted by atomic mass is 16.6. The molecule has 1 saturated carbocycles. The molecule has 13 saturated heterocycles. The Hall–Kier alpha value is -5.46. The van der Waals surface area contributed by atoms with E-state index in [4.69, 9.17) is 4.74 Å². The maximum Gasteiger partial charge on any atom is 0.410 e. The van der Waals surface area contributed by atoms with Crippen LogP contribution < -0.4 is 53.2 Å². The van der Waals surface area contributed by atoms with Crippen LogP contribution in [0.1, 0.15) is 247 Å². The molecule has 1 aliphatic carbocycles. The Morgan fingerprint density at radius 1 is 0.327 bits per heavy atom. The van der Waals surface area contributed by atoms with Crippen molar-refractivity contribution in [2.75, 3.05) is 131 Å². The van der Waals surface area contributed by atoms with Gasteiger partial charge in [0.15, 0.2) is 0 Å². The Morgan fingerprint density at radius 3 is 0.891 bits per heavy atom. The van der Waals surface area contributed by atoms with E-state index in [1.165, 1.54) is 19.3 Å². The molecule has 572 valence electrons. The molecule has 14 rings (SSSR count). The molecule has 14 fully saturated rings. The van der Waals surface area contributed by atoms with Crippen molar-refractivity contribution in [3.63, 3.8) is 0 Å². The van der Waals surface area contributed by atoms with Crippen LogP contribution in [-0.4, -0.2) is 210 Å². The van der Waals surface area contributed by atoms with Gasteiger partial charge < -0.3 is 72.6 Å². The number of Topliss-reactive ketones (excluding diaryl/α,β-unsaturated/α-hetero) is 1. The number of rotatable bonds is 1. The van der Waals surface area contributed by atoms with Gasteiger partial charge in [-0.2, -0.15) is 0 Å². The summed E-state index contributed by atoms with van der Waals surface area (Å²) < 4.78 is 5.37. The van der Waals surface area contributed by atoms with Gasteiger partial charge in [0.1, 0.15) is 11.4 Å². The summed E-state index contributed by atoms with van der Waals surface area (Å²) in [6.07, 6.45) is 32.6. The van der Waals surface area contributed by atoms with E-state index in [9.17, 15) is 47.9 Å². The first kappa shape index (κ1) is 81.2. The molecule has 0 bridgehead atoms. The maximum atomic E-state index is 12.0. The second kappa shape index (κ2) is 38.0. The van der Waals surface area contributed by atoms with Crippen molar-refractivity contribution in [2.24, 2.45) is 43.8 Å². The van der Waals surface area contributed by atoms with Crippen molar-refractivity contribution in [2.45, 2.75) is 253 Å². The normalized spacial score (nSPS) is 26.2. The summed E-state index contributed by atoms with van der Waals surface area (Å²) in [5.41, 5.74) is -0.941. The summed E-state index contributed by atoms with van der Waals surface area (Å²) in [6, 6.07) is 0. The van der Waals surface area contributed by atoms with E-state index in [0.717, 1.165) is 304 Å². The topological polar surface area (TPSA) is 310 Å². The number of amides is 9. The summed E-state index contributed by atoms with van der Waals surface area (Å²) in [7, 11) is 0. The molecule has 101 heavy (non-hydrogen) atoms. The summed E-state index contributed by atoms with van der Waals surface area (Å²) in [4.78, 5) is 123. The monoisotopic (exact) mass is 1420 g/mol. The first-order valence-electron chi connectivity index (χ1n) is 39.9. The number of ketones is 1. The molecule has 13 aliphatic heterocycles. The van der Waals surface area contributed by atoms with E-state index in [-0.39, 0.29) is 79.5 Å². The van der Waals surface area contributed by atoms with Crippen molar-refractivity contribution in [1.29, 1.82) is 0 Å². The highest BCUT2D eigenvalue weighted by molar-refractivity contribution is 5.88. The second-order valence-corrected chi connectivity index (χ2v) is 33.4. The number of ether oxygens (including phenoxy) is 1. The van der Waals surface area contributed by atoms with Crippen LogP contribution >= 0.6 is 0 Å². The number of carbonyl (C=O) groups excluding carboxylic acids is 10. The van der Waals surface area contributed by atoms with Gasteiger partial charge in [0, 0.05) is 103 Å². The molecule has 0 aromatic carbocycles. The molecule has 0 unspecified atom stereocenters. The zero-order chi connectivity index (χ0) is 72.6. The van der Waals surface area contributed by atoms with Gasteiger partial charge >= 0.3 is 6.09 Å². The Kier molecular flexibility index (Phi) is 30.6. The van der Waals surface area contributed by atoms with Gasteiger partial charge in [-0.25, -0.2) is 4.79 Å². The van der Waals surface area contributed by atoms with Crippen LogP contribution in [0.5, 0.6) is 0 Å². The molecule has 0 radical (unpaired) electrons. The van der Waals surface area contributed by atoms with Crippen LogP contribution in [0.2, 0.25) is 0 Å². The number of carbonyl (C=O) groups is 10. The number of hydrogen-bond donors (Lipinski definition) is 10. The van der Waals surface area contributed by atoms with Gasteiger partial charge in [0.25, 0.3) is 0 Å². The van der Waals surface area contributed by atoms with E-state index < -0.39 is 5.60 Å². The maximum absolute atomic E-state index is 12.0. The molecule has 14 aliphatic rings. The Bertz CT molecular complexity index is 2730. The van der Waals surface area contributed by atoms with Crippen LogP contribution in [0.25, 0.3) is 0 Å². The lowest BCUT2D eigenvalue weighted by molar-refractivity contribution is -0.144. The van der Waals surface area contributed by atoms with E-state index in [1.54, 1.807) is 11.8 Å². The molecule has 0 atom stereocenters. The smallest absolute Gasteiger partial charge is 0.410 e. The number of nitrogens with zero attached hydrogens (tertiary/aromatic N) is 3. The Labute approximate surface area is 604 Å². The summed E-state index contributed by atoms with van der Waals surface area (Å²) in [6.45, 7) is 28.4.